The van der Waals surface area contributed by atoms with E-state index in [4.69, 9.17) is 11.6 Å². The third-order valence-electron chi connectivity index (χ3n) is 4.71. The Hall–Kier alpha value is -2.69. The first-order valence-corrected chi connectivity index (χ1v) is 9.50. The Kier molecular flexibility index (Phi) is 6.12. The van der Waals surface area contributed by atoms with Crippen LogP contribution < -0.4 is 5.32 Å². The summed E-state index contributed by atoms with van der Waals surface area (Å²) in [5.41, 5.74) is 6.03. The van der Waals surface area contributed by atoms with Crippen molar-refractivity contribution in [3.8, 4) is 11.1 Å². The summed E-state index contributed by atoms with van der Waals surface area (Å²) >= 11 is 6.06. The minimum Gasteiger partial charge on any atom is -0.389 e. The van der Waals surface area contributed by atoms with Crippen molar-refractivity contribution in [3.63, 3.8) is 0 Å². The molecule has 2 aromatic carbocycles. The Bertz CT molecular complexity index is 1020. The van der Waals surface area contributed by atoms with Gasteiger partial charge in [0.15, 0.2) is 0 Å². The lowest BCUT2D eigenvalue weighted by atomic mass is 9.96. The summed E-state index contributed by atoms with van der Waals surface area (Å²) < 4.78 is 0. The smallest absolute Gasteiger partial charge is 0.251 e. The van der Waals surface area contributed by atoms with Crippen LogP contribution in [0, 0.1) is 13.8 Å². The molecule has 1 heterocycles. The Morgan fingerprint density at radius 3 is 2.61 bits per heavy atom. The number of amides is 1. The van der Waals surface area contributed by atoms with Crippen molar-refractivity contribution < 1.29 is 9.90 Å². The molecular weight excluding hydrogens is 372 g/mol. The summed E-state index contributed by atoms with van der Waals surface area (Å²) in [6.45, 7) is 6.00. The average Bonchev–Trinajstić information content (AvgIpc) is 2.68. The number of benzene rings is 2. The zero-order valence-corrected chi connectivity index (χ0v) is 16.9. The standard InChI is InChI=1S/C23H23ClN2O2/c1-14-8-17(4-5-22(14)24)13-26-23(28)20-10-18(16(3)27)9-19(11-20)21-6-7-25-12-15(21)2/h4-12,16,27H,13H2,1-3H3,(H,26,28). The molecule has 28 heavy (non-hydrogen) atoms. The molecule has 2 N–H and O–H groups in total. The highest BCUT2D eigenvalue weighted by molar-refractivity contribution is 6.31. The number of hydrogen-bond donors (Lipinski definition) is 2. The number of carbonyl (C=O) groups excluding carboxylic acids is 1. The van der Waals surface area contributed by atoms with Gasteiger partial charge in [-0.05, 0) is 84.5 Å². The van der Waals surface area contributed by atoms with Crippen LogP contribution in [0.5, 0.6) is 0 Å². The van der Waals surface area contributed by atoms with Gasteiger partial charge in [-0.25, -0.2) is 0 Å². The number of pyridine rings is 1. The van der Waals surface area contributed by atoms with Gasteiger partial charge < -0.3 is 10.4 Å². The van der Waals surface area contributed by atoms with E-state index >= 15 is 0 Å². The second kappa shape index (κ2) is 8.55. The fraction of sp³-hybridized carbons (Fsp3) is 0.217. The minimum atomic E-state index is -0.674. The maximum atomic E-state index is 12.8. The molecule has 0 saturated carbocycles. The van der Waals surface area contributed by atoms with E-state index in [1.165, 1.54) is 0 Å². The van der Waals surface area contributed by atoms with E-state index in [2.05, 4.69) is 10.3 Å². The third kappa shape index (κ3) is 4.58. The molecule has 0 spiro atoms. The van der Waals surface area contributed by atoms with E-state index in [0.717, 1.165) is 27.8 Å². The largest absolute Gasteiger partial charge is 0.389 e. The van der Waals surface area contributed by atoms with Gasteiger partial charge >= 0.3 is 0 Å². The SMILES string of the molecule is Cc1cc(CNC(=O)c2cc(-c3ccncc3C)cc(C(C)O)c2)ccc1Cl. The van der Waals surface area contributed by atoms with Crippen LogP contribution in [0.25, 0.3) is 11.1 Å². The number of hydrogen-bond acceptors (Lipinski definition) is 3. The maximum absolute atomic E-state index is 12.8. The Morgan fingerprint density at radius 1 is 1.14 bits per heavy atom. The summed E-state index contributed by atoms with van der Waals surface area (Å²) in [4.78, 5) is 16.9. The van der Waals surface area contributed by atoms with Crippen molar-refractivity contribution in [1.29, 1.82) is 0 Å². The number of aliphatic hydroxyl groups is 1. The molecular formula is C23H23ClN2O2. The van der Waals surface area contributed by atoms with E-state index in [1.807, 2.05) is 50.2 Å². The predicted molar refractivity (Wildman–Crippen MR) is 112 cm³/mol. The van der Waals surface area contributed by atoms with Crippen molar-refractivity contribution in [3.05, 3.63) is 87.7 Å². The molecule has 5 heteroatoms. The van der Waals surface area contributed by atoms with E-state index in [1.54, 1.807) is 25.4 Å². The molecule has 3 aromatic rings. The Morgan fingerprint density at radius 2 is 1.93 bits per heavy atom. The van der Waals surface area contributed by atoms with E-state index in [9.17, 15) is 9.90 Å². The molecule has 144 valence electrons. The summed E-state index contributed by atoms with van der Waals surface area (Å²) in [7, 11) is 0. The van der Waals surface area contributed by atoms with Crippen molar-refractivity contribution in [1.82, 2.24) is 10.3 Å². The zero-order valence-electron chi connectivity index (χ0n) is 16.2. The predicted octanol–water partition coefficient (Wildman–Crippen LogP) is 5.00. The van der Waals surface area contributed by atoms with Crippen LogP contribution in [0.4, 0.5) is 0 Å². The number of carbonyl (C=O) groups is 1. The Balaban J connectivity index is 1.88. The van der Waals surface area contributed by atoms with Gasteiger partial charge in [0.2, 0.25) is 0 Å². The molecule has 0 aliphatic rings. The minimum absolute atomic E-state index is 0.192. The Labute approximate surface area is 170 Å². The average molecular weight is 395 g/mol. The van der Waals surface area contributed by atoms with Crippen LogP contribution >= 0.6 is 11.6 Å². The summed E-state index contributed by atoms with van der Waals surface area (Å²) in [5, 5.41) is 13.7. The van der Waals surface area contributed by atoms with Crippen LogP contribution in [0.15, 0.2) is 54.9 Å². The van der Waals surface area contributed by atoms with Gasteiger partial charge in [0, 0.05) is 29.5 Å². The fourth-order valence-corrected chi connectivity index (χ4v) is 3.20. The highest BCUT2D eigenvalue weighted by atomic mass is 35.5. The number of rotatable bonds is 5. The first-order valence-electron chi connectivity index (χ1n) is 9.12. The second-order valence-electron chi connectivity index (χ2n) is 6.98. The molecule has 0 aliphatic heterocycles. The molecule has 4 nitrogen and oxygen atoms in total. The highest BCUT2D eigenvalue weighted by Gasteiger charge is 2.13. The molecule has 0 saturated heterocycles. The number of nitrogens with one attached hydrogen (secondary N) is 1. The molecule has 0 bridgehead atoms. The summed E-state index contributed by atoms with van der Waals surface area (Å²) in [5.74, 6) is -0.192. The van der Waals surface area contributed by atoms with Gasteiger partial charge in [-0.15, -0.1) is 0 Å². The molecule has 1 unspecified atom stereocenters. The van der Waals surface area contributed by atoms with Crippen LogP contribution in [0.1, 0.15) is 45.6 Å². The third-order valence-corrected chi connectivity index (χ3v) is 5.13. The quantitative estimate of drug-likeness (QED) is 0.639. The summed E-state index contributed by atoms with van der Waals surface area (Å²) in [6, 6.07) is 13.1. The number of halogens is 1. The fourth-order valence-electron chi connectivity index (χ4n) is 3.08. The van der Waals surface area contributed by atoms with Gasteiger partial charge in [-0.3, -0.25) is 9.78 Å². The van der Waals surface area contributed by atoms with E-state index < -0.39 is 6.10 Å². The molecule has 1 atom stereocenters. The van der Waals surface area contributed by atoms with Crippen LogP contribution in [0.3, 0.4) is 0 Å². The molecule has 0 fully saturated rings. The summed E-state index contributed by atoms with van der Waals surface area (Å²) in [6.07, 6.45) is 2.83. The van der Waals surface area contributed by atoms with Crippen molar-refractivity contribution in [2.24, 2.45) is 0 Å². The van der Waals surface area contributed by atoms with Crippen LogP contribution in [-0.4, -0.2) is 16.0 Å². The first kappa shape index (κ1) is 20.1. The lowest BCUT2D eigenvalue weighted by Crippen LogP contribution is -2.23. The topological polar surface area (TPSA) is 62.2 Å². The molecule has 1 aromatic heterocycles. The molecule has 1 amide bonds. The van der Waals surface area contributed by atoms with Crippen molar-refractivity contribution in [2.75, 3.05) is 0 Å². The number of aliphatic hydroxyl groups excluding tert-OH is 1. The second-order valence-corrected chi connectivity index (χ2v) is 7.38. The monoisotopic (exact) mass is 394 g/mol. The number of aromatic nitrogens is 1. The van der Waals surface area contributed by atoms with E-state index in [-0.39, 0.29) is 5.91 Å². The molecule has 0 aliphatic carbocycles. The van der Waals surface area contributed by atoms with E-state index in [0.29, 0.717) is 22.7 Å². The van der Waals surface area contributed by atoms with Crippen LogP contribution in [-0.2, 0) is 6.54 Å². The molecule has 3 rings (SSSR count). The lowest BCUT2D eigenvalue weighted by Gasteiger charge is -2.14. The van der Waals surface area contributed by atoms with Gasteiger partial charge in [-0.1, -0.05) is 23.7 Å². The van der Waals surface area contributed by atoms with Gasteiger partial charge in [0.25, 0.3) is 5.91 Å². The lowest BCUT2D eigenvalue weighted by molar-refractivity contribution is 0.0950. The van der Waals surface area contributed by atoms with Gasteiger partial charge in [0.05, 0.1) is 6.10 Å². The molecule has 0 radical (unpaired) electrons. The van der Waals surface area contributed by atoms with Gasteiger partial charge in [-0.2, -0.15) is 0 Å². The number of aryl methyl sites for hydroxylation is 2. The van der Waals surface area contributed by atoms with Crippen molar-refractivity contribution in [2.45, 2.75) is 33.4 Å². The zero-order chi connectivity index (χ0) is 20.3. The van der Waals surface area contributed by atoms with Crippen molar-refractivity contribution >= 4 is 17.5 Å². The van der Waals surface area contributed by atoms with Crippen LogP contribution in [0.2, 0.25) is 5.02 Å². The van der Waals surface area contributed by atoms with Gasteiger partial charge in [0.1, 0.15) is 0 Å². The first-order chi connectivity index (χ1) is 13.3. The number of nitrogens with zero attached hydrogens (tertiary/aromatic N) is 1. The normalized spacial score (nSPS) is 11.9. The maximum Gasteiger partial charge on any atom is 0.251 e. The highest BCUT2D eigenvalue weighted by Crippen LogP contribution is 2.27.